The van der Waals surface area contributed by atoms with E-state index in [0.717, 1.165) is 34.8 Å². The number of carbonyl (C=O) groups excluding carboxylic acids is 1. The number of fused-ring (bicyclic) bond motifs is 1. The van der Waals surface area contributed by atoms with Gasteiger partial charge in [0.15, 0.2) is 5.82 Å². The number of amides is 1. The average Bonchev–Trinajstić information content (AvgIpc) is 3.47. The quantitative estimate of drug-likeness (QED) is 0.740. The SMILES string of the molecule is COc1ccccc1-c1ncc([C@@H]2CC(=O)Nc3c2cnn3CC2CC2)cn1. The van der Waals surface area contributed by atoms with Gasteiger partial charge in [0.25, 0.3) is 0 Å². The number of anilines is 1. The van der Waals surface area contributed by atoms with E-state index in [1.807, 2.05) is 35.1 Å². The first-order chi connectivity index (χ1) is 13.7. The van der Waals surface area contributed by atoms with Crippen LogP contribution in [0.5, 0.6) is 5.75 Å². The molecule has 2 aromatic heterocycles. The van der Waals surface area contributed by atoms with Crippen LogP contribution >= 0.6 is 0 Å². The van der Waals surface area contributed by atoms with Gasteiger partial charge >= 0.3 is 0 Å². The number of hydrogen-bond donors (Lipinski definition) is 1. The fourth-order valence-electron chi connectivity index (χ4n) is 3.74. The second-order valence-electron chi connectivity index (χ2n) is 7.42. The van der Waals surface area contributed by atoms with E-state index < -0.39 is 0 Å². The summed E-state index contributed by atoms with van der Waals surface area (Å²) in [6.07, 6.45) is 8.34. The van der Waals surface area contributed by atoms with E-state index in [-0.39, 0.29) is 11.8 Å². The minimum Gasteiger partial charge on any atom is -0.496 e. The van der Waals surface area contributed by atoms with E-state index in [4.69, 9.17) is 4.74 Å². The Hall–Kier alpha value is -3.22. The van der Waals surface area contributed by atoms with Crippen molar-refractivity contribution in [2.45, 2.75) is 31.7 Å². The monoisotopic (exact) mass is 375 g/mol. The number of carbonyl (C=O) groups is 1. The summed E-state index contributed by atoms with van der Waals surface area (Å²) in [5.41, 5.74) is 2.80. The van der Waals surface area contributed by atoms with Gasteiger partial charge in [-0.05, 0) is 36.5 Å². The first-order valence-electron chi connectivity index (χ1n) is 9.54. The van der Waals surface area contributed by atoms with E-state index in [0.29, 0.717) is 18.2 Å². The van der Waals surface area contributed by atoms with Gasteiger partial charge in [0, 0.05) is 36.8 Å². The van der Waals surface area contributed by atoms with Gasteiger partial charge in [0.2, 0.25) is 5.91 Å². The molecule has 2 aliphatic rings. The number of nitrogens with one attached hydrogen (secondary N) is 1. The third kappa shape index (κ3) is 3.02. The van der Waals surface area contributed by atoms with Crippen molar-refractivity contribution in [2.75, 3.05) is 12.4 Å². The maximum atomic E-state index is 12.3. The molecule has 1 atom stereocenters. The third-order valence-electron chi connectivity index (χ3n) is 5.44. The average molecular weight is 375 g/mol. The van der Waals surface area contributed by atoms with Crippen LogP contribution < -0.4 is 10.1 Å². The highest BCUT2D eigenvalue weighted by Crippen LogP contribution is 2.39. The lowest BCUT2D eigenvalue weighted by molar-refractivity contribution is -0.116. The Bertz CT molecular complexity index is 1020. The van der Waals surface area contributed by atoms with Crippen LogP contribution in [0.25, 0.3) is 11.4 Å². The molecule has 7 nitrogen and oxygen atoms in total. The van der Waals surface area contributed by atoms with E-state index in [2.05, 4.69) is 20.4 Å². The third-order valence-corrected chi connectivity index (χ3v) is 5.44. The number of ether oxygens (including phenoxy) is 1. The van der Waals surface area contributed by atoms with Crippen molar-refractivity contribution < 1.29 is 9.53 Å². The number of methoxy groups -OCH3 is 1. The normalized spacial score (nSPS) is 18.5. The molecule has 1 amide bonds. The second-order valence-corrected chi connectivity index (χ2v) is 7.42. The van der Waals surface area contributed by atoms with Crippen LogP contribution in [0.4, 0.5) is 5.82 Å². The van der Waals surface area contributed by atoms with Crippen LogP contribution in [0.1, 0.15) is 36.3 Å². The van der Waals surface area contributed by atoms with Crippen LogP contribution in [0.3, 0.4) is 0 Å². The van der Waals surface area contributed by atoms with Crippen molar-refractivity contribution in [2.24, 2.45) is 5.92 Å². The summed E-state index contributed by atoms with van der Waals surface area (Å²) >= 11 is 0. The largest absolute Gasteiger partial charge is 0.496 e. The summed E-state index contributed by atoms with van der Waals surface area (Å²) in [5.74, 6) is 2.76. The zero-order chi connectivity index (χ0) is 19.1. The van der Waals surface area contributed by atoms with Crippen molar-refractivity contribution in [3.63, 3.8) is 0 Å². The lowest BCUT2D eigenvalue weighted by atomic mass is 9.89. The molecule has 142 valence electrons. The van der Waals surface area contributed by atoms with Gasteiger partial charge in [-0.1, -0.05) is 12.1 Å². The van der Waals surface area contributed by atoms with Gasteiger partial charge in [-0.2, -0.15) is 5.10 Å². The van der Waals surface area contributed by atoms with Crippen molar-refractivity contribution >= 4 is 11.7 Å². The lowest BCUT2D eigenvalue weighted by Crippen LogP contribution is -2.25. The Labute approximate surface area is 162 Å². The number of aromatic nitrogens is 4. The molecule has 1 aliphatic heterocycles. The highest BCUT2D eigenvalue weighted by molar-refractivity contribution is 5.94. The molecule has 1 aromatic carbocycles. The van der Waals surface area contributed by atoms with Gasteiger partial charge in [0.1, 0.15) is 11.6 Å². The Kier molecular flexibility index (Phi) is 4.07. The Morgan fingerprint density at radius 1 is 1.18 bits per heavy atom. The summed E-state index contributed by atoms with van der Waals surface area (Å²) in [4.78, 5) is 21.4. The molecular formula is C21H21N5O2. The summed E-state index contributed by atoms with van der Waals surface area (Å²) in [6.45, 7) is 0.867. The molecular weight excluding hydrogens is 354 g/mol. The highest BCUT2D eigenvalue weighted by Gasteiger charge is 2.32. The fraction of sp³-hybridized carbons (Fsp3) is 0.333. The number of para-hydroxylation sites is 1. The fourth-order valence-corrected chi connectivity index (χ4v) is 3.74. The molecule has 0 bridgehead atoms. The van der Waals surface area contributed by atoms with Crippen LogP contribution in [0, 0.1) is 5.92 Å². The number of hydrogen-bond acceptors (Lipinski definition) is 5. The van der Waals surface area contributed by atoms with Gasteiger partial charge < -0.3 is 10.1 Å². The predicted octanol–water partition coefficient (Wildman–Crippen LogP) is 3.23. The molecule has 5 rings (SSSR count). The molecule has 1 saturated carbocycles. The van der Waals surface area contributed by atoms with Crippen LogP contribution in [-0.4, -0.2) is 32.8 Å². The highest BCUT2D eigenvalue weighted by atomic mass is 16.5. The van der Waals surface area contributed by atoms with Crippen molar-refractivity contribution in [3.8, 4) is 17.1 Å². The first-order valence-corrected chi connectivity index (χ1v) is 9.54. The molecule has 3 aromatic rings. The van der Waals surface area contributed by atoms with Gasteiger partial charge in [-0.3, -0.25) is 4.79 Å². The summed E-state index contributed by atoms with van der Waals surface area (Å²) in [5, 5.41) is 7.52. The molecule has 28 heavy (non-hydrogen) atoms. The summed E-state index contributed by atoms with van der Waals surface area (Å²) in [7, 11) is 1.63. The maximum absolute atomic E-state index is 12.3. The van der Waals surface area contributed by atoms with Crippen LogP contribution in [0.2, 0.25) is 0 Å². The Balaban J connectivity index is 1.47. The minimum absolute atomic E-state index is 0.00357. The summed E-state index contributed by atoms with van der Waals surface area (Å²) < 4.78 is 7.33. The van der Waals surface area contributed by atoms with Crippen molar-refractivity contribution in [3.05, 3.63) is 54.0 Å². The number of rotatable bonds is 5. The minimum atomic E-state index is -0.0802. The Morgan fingerprint density at radius 3 is 2.71 bits per heavy atom. The van der Waals surface area contributed by atoms with Gasteiger partial charge in [-0.25, -0.2) is 14.6 Å². The van der Waals surface area contributed by atoms with Crippen LogP contribution in [0.15, 0.2) is 42.9 Å². The van der Waals surface area contributed by atoms with Crippen molar-refractivity contribution in [1.29, 1.82) is 0 Å². The molecule has 0 unspecified atom stereocenters. The standard InChI is InChI=1S/C21H21N5O2/c1-28-18-5-3-2-4-15(18)20-22-9-14(10-23-20)16-8-19(27)25-21-17(16)11-24-26(21)12-13-6-7-13/h2-5,9-11,13,16H,6-8,12H2,1H3,(H,25,27)/t16-/m0/s1. The Morgan fingerprint density at radius 2 is 1.96 bits per heavy atom. The van der Waals surface area contributed by atoms with E-state index >= 15 is 0 Å². The molecule has 3 heterocycles. The summed E-state index contributed by atoms with van der Waals surface area (Å²) in [6, 6.07) is 7.67. The zero-order valence-corrected chi connectivity index (χ0v) is 15.6. The molecule has 0 saturated heterocycles. The molecule has 0 radical (unpaired) electrons. The molecule has 7 heteroatoms. The number of benzene rings is 1. The molecule has 1 N–H and O–H groups in total. The van der Waals surface area contributed by atoms with Gasteiger partial charge in [-0.15, -0.1) is 0 Å². The van der Waals surface area contributed by atoms with E-state index in [1.54, 1.807) is 19.5 Å². The van der Waals surface area contributed by atoms with E-state index in [9.17, 15) is 4.79 Å². The second kappa shape index (κ2) is 6.74. The smallest absolute Gasteiger partial charge is 0.226 e. The topological polar surface area (TPSA) is 81.9 Å². The predicted molar refractivity (Wildman–Crippen MR) is 104 cm³/mol. The molecule has 0 spiro atoms. The number of nitrogens with zero attached hydrogens (tertiary/aromatic N) is 4. The zero-order valence-electron chi connectivity index (χ0n) is 15.6. The maximum Gasteiger partial charge on any atom is 0.226 e. The van der Waals surface area contributed by atoms with Gasteiger partial charge in [0.05, 0.1) is 18.9 Å². The van der Waals surface area contributed by atoms with Crippen LogP contribution in [-0.2, 0) is 11.3 Å². The van der Waals surface area contributed by atoms with Crippen molar-refractivity contribution in [1.82, 2.24) is 19.7 Å². The molecule has 1 aliphatic carbocycles. The van der Waals surface area contributed by atoms with E-state index in [1.165, 1.54) is 12.8 Å². The lowest BCUT2D eigenvalue weighted by Gasteiger charge is -2.23. The first kappa shape index (κ1) is 16.9. The molecule has 1 fully saturated rings.